The van der Waals surface area contributed by atoms with Crippen LogP contribution in [0.2, 0.25) is 0 Å². The molecule has 13 heavy (non-hydrogen) atoms. The van der Waals surface area contributed by atoms with Gasteiger partial charge in [0.15, 0.2) is 0 Å². The minimum absolute atomic E-state index is 0. The second-order valence-electron chi connectivity index (χ2n) is 2.48. The van der Waals surface area contributed by atoms with Gasteiger partial charge in [0.1, 0.15) is 24.4 Å². The van der Waals surface area contributed by atoms with E-state index in [1.54, 1.807) is 0 Å². The molecule has 0 heterocycles. The molecule has 0 radical (unpaired) electrons. The first kappa shape index (κ1) is 16.0. The molecule has 0 bridgehead atoms. The molecule has 0 aliphatic heterocycles. The maximum Gasteiger partial charge on any atom is 2.00 e. The predicted octanol–water partition coefficient (Wildman–Crippen LogP) is -3.74. The Morgan fingerprint density at radius 3 is 1.15 bits per heavy atom. The number of aliphatic hydroxyl groups is 6. The largest absolute Gasteiger partial charge is 2.00 e. The van der Waals surface area contributed by atoms with Crippen LogP contribution in [0.25, 0.3) is 0 Å². The molecular formula is C6H16MgO6. The van der Waals surface area contributed by atoms with Crippen LogP contribution in [0.3, 0.4) is 0 Å². The van der Waals surface area contributed by atoms with Crippen LogP contribution in [0, 0.1) is 0 Å². The van der Waals surface area contributed by atoms with Gasteiger partial charge in [0.25, 0.3) is 0 Å². The number of hydrogen-bond donors (Lipinski definition) is 6. The van der Waals surface area contributed by atoms with Crippen molar-refractivity contribution in [2.24, 2.45) is 0 Å². The third-order valence-electron chi connectivity index (χ3n) is 1.51. The number of rotatable bonds is 5. The van der Waals surface area contributed by atoms with Crippen molar-refractivity contribution in [3.8, 4) is 0 Å². The van der Waals surface area contributed by atoms with Crippen molar-refractivity contribution in [3.63, 3.8) is 0 Å². The van der Waals surface area contributed by atoms with Crippen molar-refractivity contribution in [3.05, 3.63) is 0 Å². The van der Waals surface area contributed by atoms with Gasteiger partial charge in [-0.05, 0) is 0 Å². The molecule has 0 aliphatic carbocycles. The van der Waals surface area contributed by atoms with Crippen LogP contribution in [0.15, 0.2) is 0 Å². The van der Waals surface area contributed by atoms with Gasteiger partial charge in [0, 0.05) is 0 Å². The molecule has 0 fully saturated rings. The second kappa shape index (κ2) is 7.89. The average molecular weight is 208 g/mol. The van der Waals surface area contributed by atoms with Crippen LogP contribution >= 0.6 is 0 Å². The summed E-state index contributed by atoms with van der Waals surface area (Å²) < 4.78 is 0. The van der Waals surface area contributed by atoms with E-state index in [0.717, 1.165) is 0 Å². The molecule has 0 aromatic carbocycles. The van der Waals surface area contributed by atoms with Crippen molar-refractivity contribution in [1.82, 2.24) is 0 Å². The topological polar surface area (TPSA) is 121 Å². The van der Waals surface area contributed by atoms with Gasteiger partial charge in [0.2, 0.25) is 0 Å². The fourth-order valence-electron chi connectivity index (χ4n) is 0.671. The van der Waals surface area contributed by atoms with Crippen LogP contribution in [-0.4, -0.2) is 91.3 Å². The summed E-state index contributed by atoms with van der Waals surface area (Å²) in [5.74, 6) is 0. The first-order chi connectivity index (χ1) is 5.54. The van der Waals surface area contributed by atoms with Gasteiger partial charge in [-0.25, -0.2) is 0 Å². The molecule has 0 unspecified atom stereocenters. The van der Waals surface area contributed by atoms with E-state index in [1.807, 2.05) is 0 Å². The maximum absolute atomic E-state index is 8.96. The second-order valence-corrected chi connectivity index (χ2v) is 2.48. The summed E-state index contributed by atoms with van der Waals surface area (Å²) in [5.41, 5.74) is 0. The summed E-state index contributed by atoms with van der Waals surface area (Å²) in [4.78, 5) is 0. The molecule has 6 N–H and O–H groups in total. The summed E-state index contributed by atoms with van der Waals surface area (Å²) in [6.07, 6.45) is -6.39. The van der Waals surface area contributed by atoms with Crippen LogP contribution < -0.4 is 0 Å². The SMILES string of the molecule is OC[C@@H](O)[C@@H](O)[C@H](O)[C@H](O)CO.[H-].[H-].[Mg+2]. The van der Waals surface area contributed by atoms with E-state index >= 15 is 0 Å². The van der Waals surface area contributed by atoms with E-state index in [0.29, 0.717) is 0 Å². The normalized spacial score (nSPS) is 19.8. The number of hydrogen-bond acceptors (Lipinski definition) is 6. The fraction of sp³-hybridized carbons (Fsp3) is 1.00. The number of aliphatic hydroxyl groups excluding tert-OH is 6. The quantitative estimate of drug-likeness (QED) is 0.258. The fourth-order valence-corrected chi connectivity index (χ4v) is 0.671. The molecule has 78 valence electrons. The Bertz CT molecular complexity index is 118. The molecule has 0 aromatic rings. The zero-order valence-electron chi connectivity index (χ0n) is 9.11. The van der Waals surface area contributed by atoms with Crippen molar-refractivity contribution in [2.45, 2.75) is 24.4 Å². The summed E-state index contributed by atoms with van der Waals surface area (Å²) in [6.45, 7) is -1.45. The summed E-state index contributed by atoms with van der Waals surface area (Å²) in [5, 5.41) is 52.2. The van der Waals surface area contributed by atoms with Gasteiger partial charge < -0.3 is 33.5 Å². The molecule has 0 aliphatic rings. The molecule has 0 amide bonds. The van der Waals surface area contributed by atoms with E-state index in [1.165, 1.54) is 0 Å². The molecule has 7 heteroatoms. The summed E-state index contributed by atoms with van der Waals surface area (Å²) in [6, 6.07) is 0. The van der Waals surface area contributed by atoms with E-state index in [9.17, 15) is 0 Å². The van der Waals surface area contributed by atoms with Gasteiger partial charge in [-0.1, -0.05) is 0 Å². The van der Waals surface area contributed by atoms with E-state index < -0.39 is 37.6 Å². The summed E-state index contributed by atoms with van der Waals surface area (Å²) >= 11 is 0. The third-order valence-corrected chi connectivity index (χ3v) is 1.51. The maximum atomic E-state index is 8.96. The predicted molar refractivity (Wildman–Crippen MR) is 46.2 cm³/mol. The van der Waals surface area contributed by atoms with E-state index in [2.05, 4.69) is 0 Å². The van der Waals surface area contributed by atoms with Crippen LogP contribution in [0.5, 0.6) is 0 Å². The molecule has 0 spiro atoms. The Morgan fingerprint density at radius 2 is 1.00 bits per heavy atom. The molecule has 0 saturated heterocycles. The van der Waals surface area contributed by atoms with Gasteiger partial charge in [0.05, 0.1) is 13.2 Å². The molecular weight excluding hydrogens is 192 g/mol. The molecule has 0 rings (SSSR count). The van der Waals surface area contributed by atoms with Gasteiger partial charge in [-0.2, -0.15) is 0 Å². The Labute approximate surface area is 94.6 Å². The van der Waals surface area contributed by atoms with Gasteiger partial charge in [-0.15, -0.1) is 0 Å². The van der Waals surface area contributed by atoms with Crippen molar-refractivity contribution < 1.29 is 33.5 Å². The van der Waals surface area contributed by atoms with Crippen LogP contribution in [0.4, 0.5) is 0 Å². The van der Waals surface area contributed by atoms with Crippen LogP contribution in [0.1, 0.15) is 2.85 Å². The monoisotopic (exact) mass is 208 g/mol. The zero-order chi connectivity index (χ0) is 9.72. The zero-order valence-corrected chi connectivity index (χ0v) is 8.53. The standard InChI is InChI=1S/C6H14O6.Mg.2H/c7-1-3(9)5(11)6(12)4(10)2-8;;;/h3-12H,1-2H2;;;/q;+2;2*-1/t3-,4-,5-,6-;;;/m1.../s1. The average Bonchev–Trinajstić information content (AvgIpc) is 2.12. The van der Waals surface area contributed by atoms with Gasteiger partial charge in [-0.3, -0.25) is 0 Å². The Hall–Kier alpha value is 0.526. The van der Waals surface area contributed by atoms with E-state index in [-0.39, 0.29) is 25.9 Å². The van der Waals surface area contributed by atoms with Crippen molar-refractivity contribution >= 4 is 23.1 Å². The van der Waals surface area contributed by atoms with Crippen molar-refractivity contribution in [1.29, 1.82) is 0 Å². The summed E-state index contributed by atoms with van der Waals surface area (Å²) in [7, 11) is 0. The first-order valence-corrected chi connectivity index (χ1v) is 3.48. The molecule has 4 atom stereocenters. The Morgan fingerprint density at radius 1 is 0.769 bits per heavy atom. The Balaban J connectivity index is -0.000000202. The smallest absolute Gasteiger partial charge is 1.00 e. The third kappa shape index (κ3) is 5.08. The van der Waals surface area contributed by atoms with Crippen molar-refractivity contribution in [2.75, 3.05) is 13.2 Å². The molecule has 0 aromatic heterocycles. The van der Waals surface area contributed by atoms with Crippen LogP contribution in [-0.2, 0) is 0 Å². The molecule has 0 saturated carbocycles. The minimum atomic E-state index is -1.67. The first-order valence-electron chi connectivity index (χ1n) is 3.48. The van der Waals surface area contributed by atoms with Gasteiger partial charge >= 0.3 is 23.1 Å². The molecule has 6 nitrogen and oxygen atoms in total. The Kier molecular flexibility index (Phi) is 9.69. The minimum Gasteiger partial charge on any atom is -1.00 e. The van der Waals surface area contributed by atoms with E-state index in [4.69, 9.17) is 30.6 Å².